The number of hydrogen-bond donors (Lipinski definition) is 0. The largest absolute Gasteiger partial charge is 0.289 e. The zero-order valence-corrected chi connectivity index (χ0v) is 10.8. The van der Waals surface area contributed by atoms with Crippen molar-refractivity contribution < 1.29 is 14.3 Å². The minimum atomic E-state index is -0.512. The van der Waals surface area contributed by atoms with Crippen molar-refractivity contribution in [2.75, 3.05) is 0 Å². The van der Waals surface area contributed by atoms with Crippen molar-refractivity contribution in [3.8, 4) is 0 Å². The van der Waals surface area contributed by atoms with E-state index in [-0.39, 0.29) is 11.5 Å². The number of carbonyl (C=O) groups is 1. The summed E-state index contributed by atoms with van der Waals surface area (Å²) in [6, 6.07) is 14.4. The number of rotatable bonds is 3. The van der Waals surface area contributed by atoms with Crippen LogP contribution < -0.4 is 0 Å². The summed E-state index contributed by atoms with van der Waals surface area (Å²) in [5.41, 5.74) is 0.769. The molecule has 0 N–H and O–H groups in total. The van der Waals surface area contributed by atoms with Crippen molar-refractivity contribution in [2.24, 2.45) is 0 Å². The molecular weight excluding hydrogens is 265 g/mol. The van der Waals surface area contributed by atoms with E-state index < -0.39 is 4.92 Å². The van der Waals surface area contributed by atoms with Gasteiger partial charge >= 0.3 is 0 Å². The van der Waals surface area contributed by atoms with Gasteiger partial charge in [0.15, 0.2) is 5.78 Å². The molecule has 0 aliphatic heterocycles. The Balaban J connectivity index is 0.000000861. The van der Waals surface area contributed by atoms with Crippen molar-refractivity contribution in [3.05, 3.63) is 75.8 Å². The summed E-state index contributed by atoms with van der Waals surface area (Å²) in [5, 5.41) is 10.6. The standard InChI is InChI=1S/C13H9NO3.HOP/c15-13(10-5-2-1-3-6-10)11-7-4-8-12(9-11)14(16)17;1-2/h1-9H;2H. The third-order valence-electron chi connectivity index (χ3n) is 2.36. The van der Waals surface area contributed by atoms with Gasteiger partial charge in [-0.05, 0) is 0 Å². The Morgan fingerprint density at radius 3 is 2.11 bits per heavy atom. The molecule has 2 aromatic carbocycles. The molecule has 96 valence electrons. The fourth-order valence-corrected chi connectivity index (χ4v) is 1.52. The molecule has 0 atom stereocenters. The zero-order chi connectivity index (χ0) is 14.3. The minimum Gasteiger partial charge on any atom is -0.289 e. The lowest BCUT2D eigenvalue weighted by Gasteiger charge is -2.00. The maximum absolute atomic E-state index is 12.0. The minimum absolute atomic E-state index is 0.0771. The zero-order valence-electron chi connectivity index (χ0n) is 9.78. The number of non-ortho nitro benzene ring substituents is 1. The Morgan fingerprint density at radius 2 is 1.53 bits per heavy atom. The number of carbonyl (C=O) groups excluding carboxylic acids is 1. The third kappa shape index (κ3) is 3.79. The van der Waals surface area contributed by atoms with E-state index in [2.05, 4.69) is 0 Å². The molecule has 6 heteroatoms. The van der Waals surface area contributed by atoms with Crippen molar-refractivity contribution >= 4 is 20.6 Å². The first kappa shape index (κ1) is 14.7. The normalized spacial score (nSPS) is 9.05. The molecule has 0 radical (unpaired) electrons. The van der Waals surface area contributed by atoms with E-state index in [0.717, 1.165) is 0 Å². The summed E-state index contributed by atoms with van der Waals surface area (Å²) >= 11 is 0. The van der Waals surface area contributed by atoms with Crippen LogP contribution in [-0.2, 0) is 4.57 Å². The fourth-order valence-electron chi connectivity index (χ4n) is 1.52. The Kier molecular flexibility index (Phi) is 5.51. The van der Waals surface area contributed by atoms with Crippen LogP contribution in [0.3, 0.4) is 0 Å². The van der Waals surface area contributed by atoms with E-state index in [1.165, 1.54) is 18.2 Å². The summed E-state index contributed by atoms with van der Waals surface area (Å²) in [4.78, 5) is 22.1. The molecule has 0 aromatic heterocycles. The van der Waals surface area contributed by atoms with E-state index >= 15 is 0 Å². The molecule has 5 nitrogen and oxygen atoms in total. The van der Waals surface area contributed by atoms with Crippen LogP contribution in [-0.4, -0.2) is 10.7 Å². The van der Waals surface area contributed by atoms with Gasteiger partial charge < -0.3 is 0 Å². The van der Waals surface area contributed by atoms with E-state index in [4.69, 9.17) is 4.57 Å². The number of nitro groups is 1. The second-order valence-corrected chi connectivity index (χ2v) is 3.50. The number of nitro benzene ring substituents is 1. The number of hydrogen-bond acceptors (Lipinski definition) is 4. The molecule has 0 amide bonds. The molecule has 0 bridgehead atoms. The van der Waals surface area contributed by atoms with Crippen LogP contribution in [0.25, 0.3) is 0 Å². The van der Waals surface area contributed by atoms with Gasteiger partial charge in [-0.15, -0.1) is 0 Å². The van der Waals surface area contributed by atoms with Crippen molar-refractivity contribution in [2.45, 2.75) is 0 Å². The topological polar surface area (TPSA) is 77.3 Å². The smallest absolute Gasteiger partial charge is 0.270 e. The highest BCUT2D eigenvalue weighted by Gasteiger charge is 2.12. The molecule has 19 heavy (non-hydrogen) atoms. The van der Waals surface area contributed by atoms with Crippen LogP contribution in [0.2, 0.25) is 0 Å². The highest BCUT2D eigenvalue weighted by molar-refractivity contribution is 7.00. The predicted octanol–water partition coefficient (Wildman–Crippen LogP) is 3.30. The fraction of sp³-hybridized carbons (Fsp3) is 0. The molecule has 2 rings (SSSR count). The van der Waals surface area contributed by atoms with Gasteiger partial charge in [0.1, 0.15) is 9.12 Å². The molecule has 2 aromatic rings. The molecule has 0 unspecified atom stereocenters. The van der Waals surface area contributed by atoms with Crippen LogP contribution in [0.4, 0.5) is 5.69 Å². The van der Waals surface area contributed by atoms with Crippen molar-refractivity contribution in [1.82, 2.24) is 0 Å². The van der Waals surface area contributed by atoms with E-state index in [1.807, 2.05) is 6.07 Å². The van der Waals surface area contributed by atoms with Crippen molar-refractivity contribution in [1.29, 1.82) is 0 Å². The Labute approximate surface area is 111 Å². The quantitative estimate of drug-likeness (QED) is 0.372. The van der Waals surface area contributed by atoms with Gasteiger partial charge in [-0.25, -0.2) is 0 Å². The highest BCUT2D eigenvalue weighted by atomic mass is 31.0. The first-order valence-corrected chi connectivity index (χ1v) is 5.64. The van der Waals surface area contributed by atoms with Gasteiger partial charge in [0, 0.05) is 23.3 Å². The molecular formula is C13H10NO4P. The second-order valence-electron chi connectivity index (χ2n) is 3.50. The summed E-state index contributed by atoms with van der Waals surface area (Å²) in [6.07, 6.45) is 0. The Morgan fingerprint density at radius 1 is 0.947 bits per heavy atom. The monoisotopic (exact) mass is 275 g/mol. The molecule has 0 saturated carbocycles. The van der Waals surface area contributed by atoms with Crippen LogP contribution in [0.15, 0.2) is 54.6 Å². The maximum atomic E-state index is 12.0. The molecule has 0 aliphatic carbocycles. The summed E-state index contributed by atoms with van der Waals surface area (Å²) < 4.78 is 8.06. The average Bonchev–Trinajstić information content (AvgIpc) is 2.49. The van der Waals surface area contributed by atoms with Gasteiger partial charge in [0.05, 0.1) is 4.92 Å². The lowest BCUT2D eigenvalue weighted by atomic mass is 10.0. The summed E-state index contributed by atoms with van der Waals surface area (Å²) in [7, 11) is 1.72. The predicted molar refractivity (Wildman–Crippen MR) is 72.0 cm³/mol. The van der Waals surface area contributed by atoms with Crippen LogP contribution in [0.5, 0.6) is 0 Å². The number of ketones is 1. The maximum Gasteiger partial charge on any atom is 0.270 e. The van der Waals surface area contributed by atoms with Gasteiger partial charge in [-0.2, -0.15) is 0 Å². The number of nitrogens with zero attached hydrogens (tertiary/aromatic N) is 1. The van der Waals surface area contributed by atoms with E-state index in [0.29, 0.717) is 11.1 Å². The third-order valence-corrected chi connectivity index (χ3v) is 2.36. The molecule has 0 spiro atoms. The van der Waals surface area contributed by atoms with Gasteiger partial charge in [-0.3, -0.25) is 19.5 Å². The lowest BCUT2D eigenvalue weighted by molar-refractivity contribution is -0.384. The Hall–Kier alpha value is -2.39. The first-order chi connectivity index (χ1) is 9.18. The Bertz CT molecular complexity index is 586. The van der Waals surface area contributed by atoms with Gasteiger partial charge in [-0.1, -0.05) is 42.5 Å². The van der Waals surface area contributed by atoms with Crippen LogP contribution >= 0.6 is 9.12 Å². The number of benzene rings is 2. The SMILES string of the molecule is O=C(c1ccccc1)c1cccc([N+](=O)[O-])c1.O=P. The highest BCUT2D eigenvalue weighted by Crippen LogP contribution is 2.16. The van der Waals surface area contributed by atoms with Gasteiger partial charge in [0.25, 0.3) is 5.69 Å². The molecule has 0 aliphatic rings. The van der Waals surface area contributed by atoms with E-state index in [9.17, 15) is 14.9 Å². The van der Waals surface area contributed by atoms with E-state index in [1.54, 1.807) is 39.5 Å². The molecule has 0 saturated heterocycles. The van der Waals surface area contributed by atoms with Crippen molar-refractivity contribution in [3.63, 3.8) is 0 Å². The van der Waals surface area contributed by atoms with Crippen LogP contribution in [0.1, 0.15) is 15.9 Å². The second kappa shape index (κ2) is 7.13. The average molecular weight is 275 g/mol. The summed E-state index contributed by atoms with van der Waals surface area (Å²) in [6.45, 7) is 0. The van der Waals surface area contributed by atoms with Crippen LogP contribution in [0, 0.1) is 10.1 Å². The lowest BCUT2D eigenvalue weighted by Crippen LogP contribution is -2.01. The molecule has 0 fully saturated rings. The summed E-state index contributed by atoms with van der Waals surface area (Å²) in [5.74, 6) is -0.214. The van der Waals surface area contributed by atoms with Gasteiger partial charge in [0.2, 0.25) is 0 Å². The first-order valence-electron chi connectivity index (χ1n) is 5.23. The molecule has 0 heterocycles.